The van der Waals surface area contributed by atoms with Gasteiger partial charge in [-0.3, -0.25) is 4.79 Å². The maximum atomic E-state index is 11.7. The average Bonchev–Trinajstić information content (AvgIpc) is 2.35. The third-order valence-corrected chi connectivity index (χ3v) is 3.01. The van der Waals surface area contributed by atoms with Crippen LogP contribution in [-0.2, 0) is 4.79 Å². The van der Waals surface area contributed by atoms with Crippen LogP contribution in [0, 0.1) is 13.8 Å². The average molecular weight is 250 g/mol. The molecular weight excluding hydrogens is 228 g/mol. The Labute approximate surface area is 108 Å². The first-order chi connectivity index (χ1) is 8.56. The summed E-state index contributed by atoms with van der Waals surface area (Å²) in [6.07, 6.45) is 3.27. The van der Waals surface area contributed by atoms with Gasteiger partial charge in [-0.1, -0.05) is 12.5 Å². The summed E-state index contributed by atoms with van der Waals surface area (Å²) in [5.74, 6) is 0.231. The number of benzene rings is 1. The zero-order chi connectivity index (χ0) is 13.5. The van der Waals surface area contributed by atoms with Crippen molar-refractivity contribution in [3.63, 3.8) is 0 Å². The molecule has 0 saturated heterocycles. The first-order valence-corrected chi connectivity index (χ1v) is 6.35. The number of phenols is 1. The maximum absolute atomic E-state index is 11.7. The molecule has 4 heteroatoms. The number of hydrogen-bond donors (Lipinski definition) is 3. The van der Waals surface area contributed by atoms with E-state index in [2.05, 4.69) is 5.32 Å². The van der Waals surface area contributed by atoms with E-state index in [1.807, 2.05) is 13.0 Å². The minimum absolute atomic E-state index is 0.0154. The molecule has 0 heterocycles. The topological polar surface area (TPSA) is 75.4 Å². The fourth-order valence-electron chi connectivity index (χ4n) is 1.79. The molecule has 4 N–H and O–H groups in total. The lowest BCUT2D eigenvalue weighted by Crippen LogP contribution is -2.12. The summed E-state index contributed by atoms with van der Waals surface area (Å²) in [6.45, 7) is 4.31. The van der Waals surface area contributed by atoms with Gasteiger partial charge in [-0.25, -0.2) is 0 Å². The minimum atomic E-state index is -0.0154. The van der Waals surface area contributed by atoms with E-state index >= 15 is 0 Å². The van der Waals surface area contributed by atoms with Crippen LogP contribution in [0.5, 0.6) is 5.75 Å². The van der Waals surface area contributed by atoms with E-state index in [4.69, 9.17) is 5.73 Å². The largest absolute Gasteiger partial charge is 0.507 e. The highest BCUT2D eigenvalue weighted by Gasteiger charge is 2.08. The Balaban J connectivity index is 2.52. The number of aryl methyl sites for hydroxylation is 1. The third kappa shape index (κ3) is 4.04. The molecule has 1 aromatic carbocycles. The van der Waals surface area contributed by atoms with E-state index < -0.39 is 0 Å². The minimum Gasteiger partial charge on any atom is -0.507 e. The van der Waals surface area contributed by atoms with Crippen molar-refractivity contribution >= 4 is 11.6 Å². The highest BCUT2D eigenvalue weighted by molar-refractivity contribution is 5.91. The number of aromatic hydroxyl groups is 1. The van der Waals surface area contributed by atoms with E-state index in [-0.39, 0.29) is 11.7 Å². The van der Waals surface area contributed by atoms with Crippen LogP contribution in [0.15, 0.2) is 12.1 Å². The van der Waals surface area contributed by atoms with Gasteiger partial charge in [0.15, 0.2) is 0 Å². The van der Waals surface area contributed by atoms with Crippen LogP contribution in [0.2, 0.25) is 0 Å². The molecule has 0 radical (unpaired) electrons. The number of nitrogens with one attached hydrogen (secondary N) is 1. The summed E-state index contributed by atoms with van der Waals surface area (Å²) >= 11 is 0. The number of carbonyl (C=O) groups is 1. The van der Waals surface area contributed by atoms with Crippen LogP contribution in [0.3, 0.4) is 0 Å². The van der Waals surface area contributed by atoms with E-state index in [1.165, 1.54) is 0 Å². The van der Waals surface area contributed by atoms with Gasteiger partial charge in [0.1, 0.15) is 5.75 Å². The van der Waals surface area contributed by atoms with Crippen LogP contribution >= 0.6 is 0 Å². The Kier molecular flexibility index (Phi) is 5.65. The third-order valence-electron chi connectivity index (χ3n) is 3.01. The molecule has 0 spiro atoms. The molecule has 0 aliphatic rings. The number of amides is 1. The van der Waals surface area contributed by atoms with Crippen LogP contribution in [-0.4, -0.2) is 17.6 Å². The summed E-state index contributed by atoms with van der Waals surface area (Å²) in [7, 11) is 0. The van der Waals surface area contributed by atoms with Gasteiger partial charge in [0.2, 0.25) is 5.91 Å². The molecule has 0 aliphatic carbocycles. The molecule has 1 rings (SSSR count). The van der Waals surface area contributed by atoms with Gasteiger partial charge in [-0.05, 0) is 44.9 Å². The molecule has 4 nitrogen and oxygen atoms in total. The lowest BCUT2D eigenvalue weighted by Gasteiger charge is -2.11. The van der Waals surface area contributed by atoms with Gasteiger partial charge in [-0.2, -0.15) is 0 Å². The van der Waals surface area contributed by atoms with Crippen LogP contribution in [0.1, 0.15) is 36.8 Å². The number of phenolic OH excluding ortho intramolecular Hbond substituents is 1. The van der Waals surface area contributed by atoms with Gasteiger partial charge in [0, 0.05) is 17.7 Å². The van der Waals surface area contributed by atoms with Crippen molar-refractivity contribution in [3.05, 3.63) is 23.3 Å². The van der Waals surface area contributed by atoms with Crippen molar-refractivity contribution in [1.29, 1.82) is 0 Å². The number of carbonyl (C=O) groups excluding carboxylic acids is 1. The molecule has 0 fully saturated rings. The molecule has 0 atom stereocenters. The Hall–Kier alpha value is -1.55. The number of nitrogens with two attached hydrogens (primary N) is 1. The molecule has 0 aliphatic heterocycles. The van der Waals surface area contributed by atoms with E-state index in [1.54, 1.807) is 13.0 Å². The molecule has 0 unspecified atom stereocenters. The summed E-state index contributed by atoms with van der Waals surface area (Å²) in [5, 5.41) is 12.6. The first kappa shape index (κ1) is 14.5. The van der Waals surface area contributed by atoms with Crippen LogP contribution < -0.4 is 11.1 Å². The van der Waals surface area contributed by atoms with Crippen molar-refractivity contribution in [1.82, 2.24) is 0 Å². The standard InChI is InChI=1S/C14H22N2O2/c1-10-7-8-12(11(2)14(10)18)16-13(17)6-4-3-5-9-15/h7-8,18H,3-6,9,15H2,1-2H3,(H,16,17). The molecule has 18 heavy (non-hydrogen) atoms. The zero-order valence-electron chi connectivity index (χ0n) is 11.1. The molecule has 0 bridgehead atoms. The summed E-state index contributed by atoms with van der Waals surface area (Å²) < 4.78 is 0. The first-order valence-electron chi connectivity index (χ1n) is 6.35. The van der Waals surface area contributed by atoms with E-state index in [9.17, 15) is 9.90 Å². The van der Waals surface area contributed by atoms with Crippen LogP contribution in [0.25, 0.3) is 0 Å². The maximum Gasteiger partial charge on any atom is 0.224 e. The lowest BCUT2D eigenvalue weighted by atomic mass is 10.1. The van der Waals surface area contributed by atoms with Crippen molar-refractivity contribution in [3.8, 4) is 5.75 Å². The predicted octanol–water partition coefficient (Wildman–Crippen LogP) is 2.47. The Bertz CT molecular complexity index is 417. The quantitative estimate of drug-likeness (QED) is 0.679. The summed E-state index contributed by atoms with van der Waals surface area (Å²) in [6, 6.07) is 3.62. The van der Waals surface area contributed by atoms with Crippen molar-refractivity contribution in [2.75, 3.05) is 11.9 Å². The molecule has 1 aromatic rings. The van der Waals surface area contributed by atoms with Crippen LogP contribution in [0.4, 0.5) is 5.69 Å². The molecule has 1 amide bonds. The smallest absolute Gasteiger partial charge is 0.224 e. The number of unbranched alkanes of at least 4 members (excludes halogenated alkanes) is 2. The van der Waals surface area contributed by atoms with E-state index in [0.717, 1.165) is 24.8 Å². The zero-order valence-corrected chi connectivity index (χ0v) is 11.1. The normalized spacial score (nSPS) is 10.4. The fourth-order valence-corrected chi connectivity index (χ4v) is 1.79. The highest BCUT2D eigenvalue weighted by atomic mass is 16.3. The number of rotatable bonds is 6. The second-order valence-corrected chi connectivity index (χ2v) is 4.55. The second kappa shape index (κ2) is 7.01. The van der Waals surface area contributed by atoms with Crippen molar-refractivity contribution in [2.45, 2.75) is 39.5 Å². The summed E-state index contributed by atoms with van der Waals surface area (Å²) in [5.41, 5.74) is 7.60. The monoisotopic (exact) mass is 250 g/mol. The molecule has 0 saturated carbocycles. The second-order valence-electron chi connectivity index (χ2n) is 4.55. The molecule has 100 valence electrons. The van der Waals surface area contributed by atoms with Gasteiger partial charge >= 0.3 is 0 Å². The van der Waals surface area contributed by atoms with Gasteiger partial charge in [0.25, 0.3) is 0 Å². The Morgan fingerprint density at radius 1 is 1.28 bits per heavy atom. The Morgan fingerprint density at radius 2 is 2.00 bits per heavy atom. The van der Waals surface area contributed by atoms with Crippen molar-refractivity contribution in [2.24, 2.45) is 5.73 Å². The van der Waals surface area contributed by atoms with Gasteiger partial charge < -0.3 is 16.2 Å². The fraction of sp³-hybridized carbons (Fsp3) is 0.500. The lowest BCUT2D eigenvalue weighted by molar-refractivity contribution is -0.116. The van der Waals surface area contributed by atoms with Gasteiger partial charge in [-0.15, -0.1) is 0 Å². The Morgan fingerprint density at radius 3 is 2.67 bits per heavy atom. The molecular formula is C14H22N2O2. The SMILES string of the molecule is Cc1ccc(NC(=O)CCCCCN)c(C)c1O. The van der Waals surface area contributed by atoms with Gasteiger partial charge in [0.05, 0.1) is 0 Å². The number of hydrogen-bond acceptors (Lipinski definition) is 3. The molecule has 0 aromatic heterocycles. The van der Waals surface area contributed by atoms with Crippen molar-refractivity contribution < 1.29 is 9.90 Å². The summed E-state index contributed by atoms with van der Waals surface area (Å²) in [4.78, 5) is 11.7. The predicted molar refractivity (Wildman–Crippen MR) is 73.7 cm³/mol. The van der Waals surface area contributed by atoms with E-state index in [0.29, 0.717) is 24.2 Å². The highest BCUT2D eigenvalue weighted by Crippen LogP contribution is 2.28. The number of anilines is 1.